The first-order valence-electron chi connectivity index (χ1n) is 7.53. The Balaban J connectivity index is 2.00. The molecule has 24 heavy (non-hydrogen) atoms. The third kappa shape index (κ3) is 2.21. The van der Waals surface area contributed by atoms with Crippen LogP contribution in [0.5, 0.6) is 5.75 Å². The van der Waals surface area contributed by atoms with Crippen LogP contribution in [0.15, 0.2) is 18.2 Å². The number of nitrogens with zero attached hydrogens (tertiary/aromatic N) is 4. The van der Waals surface area contributed by atoms with Crippen LogP contribution in [0.3, 0.4) is 0 Å². The number of hydrogen-bond donors (Lipinski definition) is 1. The largest absolute Gasteiger partial charge is 0.497 e. The lowest BCUT2D eigenvalue weighted by atomic mass is 10.2. The Morgan fingerprint density at radius 3 is 2.88 bits per heavy atom. The first kappa shape index (κ1) is 14.9. The van der Waals surface area contributed by atoms with Gasteiger partial charge in [0.05, 0.1) is 30.5 Å². The van der Waals surface area contributed by atoms with E-state index in [-0.39, 0.29) is 5.49 Å². The number of morpholine rings is 1. The molecule has 1 N–H and O–H groups in total. The summed E-state index contributed by atoms with van der Waals surface area (Å²) in [5.41, 5.74) is 1.32. The van der Waals surface area contributed by atoms with Gasteiger partial charge in [-0.05, 0) is 18.2 Å². The fourth-order valence-electron chi connectivity index (χ4n) is 2.89. The zero-order valence-electron chi connectivity index (χ0n) is 13.1. The molecule has 0 spiro atoms. The molecular weight excluding hydrogens is 326 g/mol. The summed E-state index contributed by atoms with van der Waals surface area (Å²) in [7, 11) is 1.63. The van der Waals surface area contributed by atoms with E-state index < -0.39 is 0 Å². The van der Waals surface area contributed by atoms with Crippen LogP contribution in [0.25, 0.3) is 15.2 Å². The molecule has 1 aromatic carbocycles. The highest BCUT2D eigenvalue weighted by Crippen LogP contribution is 2.29. The molecule has 0 saturated carbocycles. The number of ether oxygens (including phenoxy) is 2. The van der Waals surface area contributed by atoms with Crippen LogP contribution in [0.1, 0.15) is 5.56 Å². The first-order chi connectivity index (χ1) is 11.7. The van der Waals surface area contributed by atoms with Gasteiger partial charge in [0.1, 0.15) is 17.4 Å². The summed E-state index contributed by atoms with van der Waals surface area (Å²) in [5.74, 6) is 1.33. The summed E-state index contributed by atoms with van der Waals surface area (Å²) in [6.45, 7) is 2.56. The van der Waals surface area contributed by atoms with Crippen molar-refractivity contribution < 1.29 is 9.47 Å². The van der Waals surface area contributed by atoms with Crippen LogP contribution in [-0.2, 0) is 4.74 Å². The number of fused-ring (bicyclic) bond motifs is 3. The second-order valence-corrected chi connectivity index (χ2v) is 6.43. The van der Waals surface area contributed by atoms with Crippen LogP contribution < -0.4 is 15.1 Å². The van der Waals surface area contributed by atoms with Crippen LogP contribution in [0.4, 0.5) is 5.82 Å². The molecule has 0 aliphatic carbocycles. The first-order valence-corrected chi connectivity index (χ1v) is 8.35. The van der Waals surface area contributed by atoms with Gasteiger partial charge in [-0.2, -0.15) is 5.26 Å². The van der Waals surface area contributed by atoms with Crippen molar-refractivity contribution in [2.45, 2.75) is 0 Å². The highest BCUT2D eigenvalue weighted by molar-refractivity contribution is 7.23. The highest BCUT2D eigenvalue weighted by atomic mass is 32.1. The third-order valence-electron chi connectivity index (χ3n) is 4.11. The summed E-state index contributed by atoms with van der Waals surface area (Å²) < 4.78 is 13.3. The summed E-state index contributed by atoms with van der Waals surface area (Å²) in [4.78, 5) is 7.41. The monoisotopic (exact) mass is 341 g/mol. The number of thiazole rings is 1. The lowest BCUT2D eigenvalue weighted by Crippen LogP contribution is -2.38. The van der Waals surface area contributed by atoms with Crippen LogP contribution in [-0.4, -0.2) is 42.8 Å². The van der Waals surface area contributed by atoms with Gasteiger partial charge in [0.2, 0.25) is 0 Å². The summed E-state index contributed by atoms with van der Waals surface area (Å²) in [5, 5.41) is 18.1. The van der Waals surface area contributed by atoms with Crippen LogP contribution >= 0.6 is 11.3 Å². The van der Waals surface area contributed by atoms with Crippen molar-refractivity contribution in [3.63, 3.8) is 0 Å². The van der Waals surface area contributed by atoms with E-state index in [0.717, 1.165) is 16.0 Å². The molecule has 8 heteroatoms. The van der Waals surface area contributed by atoms with E-state index in [1.807, 2.05) is 23.1 Å². The normalized spacial score (nSPS) is 14.9. The molecule has 7 nitrogen and oxygen atoms in total. The van der Waals surface area contributed by atoms with E-state index in [2.05, 4.69) is 6.07 Å². The van der Waals surface area contributed by atoms with Gasteiger partial charge in [-0.25, -0.2) is 4.98 Å². The summed E-state index contributed by atoms with van der Waals surface area (Å²) >= 11 is 1.49. The fourth-order valence-corrected chi connectivity index (χ4v) is 3.94. The number of methoxy groups -OCH3 is 1. The maximum atomic E-state index is 9.58. The topological polar surface area (TPSA) is 86.6 Å². The lowest BCUT2D eigenvalue weighted by molar-refractivity contribution is 0.122. The second kappa shape index (κ2) is 5.78. The van der Waals surface area contributed by atoms with Gasteiger partial charge in [-0.1, -0.05) is 11.3 Å². The number of anilines is 1. The van der Waals surface area contributed by atoms with Gasteiger partial charge in [0.25, 0.3) is 0 Å². The Labute approximate surface area is 141 Å². The smallest absolute Gasteiger partial charge is 0.198 e. The number of hydrogen-bond acceptors (Lipinski definition) is 7. The summed E-state index contributed by atoms with van der Waals surface area (Å²) in [6, 6.07) is 7.83. The molecule has 0 bridgehead atoms. The van der Waals surface area contributed by atoms with Gasteiger partial charge in [-0.3, -0.25) is 9.81 Å². The number of nitrogens with one attached hydrogen (secondary N) is 1. The van der Waals surface area contributed by atoms with Gasteiger partial charge in [-0.15, -0.1) is 0 Å². The second-order valence-electron chi connectivity index (χ2n) is 5.42. The van der Waals surface area contributed by atoms with Gasteiger partial charge >= 0.3 is 0 Å². The molecule has 3 aromatic rings. The zero-order chi connectivity index (χ0) is 16.7. The van der Waals surface area contributed by atoms with Crippen LogP contribution in [0.2, 0.25) is 0 Å². The van der Waals surface area contributed by atoms with E-state index in [9.17, 15) is 5.26 Å². The lowest BCUT2D eigenvalue weighted by Gasteiger charge is -2.28. The minimum absolute atomic E-state index is 0.167. The standard InChI is InChI=1S/C16H15N5O2S/c1-22-10-2-3-12-13(8-10)24-16-19-15(20-4-6-23-7-5-20)11(9-17)14(18)21(12)16/h2-3,8,18H,4-7H2,1H3. The van der Waals surface area contributed by atoms with E-state index in [1.165, 1.54) is 11.3 Å². The fraction of sp³-hybridized carbons (Fsp3) is 0.312. The molecule has 0 atom stereocenters. The molecule has 1 saturated heterocycles. The Kier molecular flexibility index (Phi) is 3.59. The average Bonchev–Trinajstić information content (AvgIpc) is 2.99. The molecule has 0 unspecified atom stereocenters. The molecule has 3 heterocycles. The number of nitriles is 1. The molecule has 0 radical (unpaired) electrons. The molecule has 0 amide bonds. The molecular formula is C16H15N5O2S. The Morgan fingerprint density at radius 2 is 2.17 bits per heavy atom. The number of rotatable bonds is 2. The van der Waals surface area contributed by atoms with Crippen molar-refractivity contribution in [1.82, 2.24) is 9.38 Å². The predicted molar refractivity (Wildman–Crippen MR) is 90.7 cm³/mol. The van der Waals surface area contributed by atoms with Crippen molar-refractivity contribution in [2.24, 2.45) is 0 Å². The molecule has 1 aliphatic heterocycles. The van der Waals surface area contributed by atoms with Gasteiger partial charge < -0.3 is 14.4 Å². The molecule has 2 aromatic heterocycles. The highest BCUT2D eigenvalue weighted by Gasteiger charge is 2.21. The maximum Gasteiger partial charge on any atom is 0.198 e. The van der Waals surface area contributed by atoms with Crippen molar-refractivity contribution in [3.8, 4) is 11.8 Å². The SMILES string of the molecule is COc1ccc2c(c1)sc1nc(N3CCOCC3)c(C#N)c(=N)n12. The van der Waals surface area contributed by atoms with Crippen LogP contribution in [0, 0.1) is 16.7 Å². The van der Waals surface area contributed by atoms with E-state index in [0.29, 0.717) is 42.6 Å². The predicted octanol–water partition coefficient (Wildman–Crippen LogP) is 1.75. The molecule has 1 fully saturated rings. The average molecular weight is 341 g/mol. The van der Waals surface area contributed by atoms with E-state index >= 15 is 0 Å². The van der Waals surface area contributed by atoms with Gasteiger partial charge in [0, 0.05) is 13.1 Å². The molecule has 122 valence electrons. The third-order valence-corrected chi connectivity index (χ3v) is 5.11. The van der Waals surface area contributed by atoms with Crippen molar-refractivity contribution in [2.75, 3.05) is 38.3 Å². The maximum absolute atomic E-state index is 9.58. The molecule has 4 rings (SSSR count). The van der Waals surface area contributed by atoms with Gasteiger partial charge in [0.15, 0.2) is 16.3 Å². The van der Waals surface area contributed by atoms with E-state index in [4.69, 9.17) is 19.9 Å². The Hall–Kier alpha value is -2.63. The zero-order valence-corrected chi connectivity index (χ0v) is 13.9. The van der Waals surface area contributed by atoms with E-state index in [1.54, 1.807) is 11.5 Å². The van der Waals surface area contributed by atoms with Crippen molar-refractivity contribution in [1.29, 1.82) is 10.7 Å². The Bertz CT molecular complexity index is 1030. The molecule has 1 aliphatic rings. The Morgan fingerprint density at radius 1 is 1.38 bits per heavy atom. The van der Waals surface area contributed by atoms with Crippen molar-refractivity contribution in [3.05, 3.63) is 29.3 Å². The minimum Gasteiger partial charge on any atom is -0.497 e. The minimum atomic E-state index is 0.167. The number of aromatic nitrogens is 2. The van der Waals surface area contributed by atoms with Crippen molar-refractivity contribution >= 4 is 32.3 Å². The number of benzene rings is 1. The summed E-state index contributed by atoms with van der Waals surface area (Å²) in [6.07, 6.45) is 0. The quantitative estimate of drug-likeness (QED) is 0.767.